The average molecular weight is 298 g/mol. The van der Waals surface area contributed by atoms with Crippen LogP contribution in [-0.2, 0) is 6.42 Å². The molecule has 114 valence electrons. The number of amides is 2. The molecule has 0 spiro atoms. The normalized spacial score (nSPS) is 16.2. The van der Waals surface area contributed by atoms with Crippen LogP contribution in [-0.4, -0.2) is 16.3 Å². The van der Waals surface area contributed by atoms with Crippen molar-refractivity contribution in [1.82, 2.24) is 5.06 Å². The fourth-order valence-electron chi connectivity index (χ4n) is 2.78. The highest BCUT2D eigenvalue weighted by molar-refractivity contribution is 5.71. The minimum atomic E-state index is -0.835. The van der Waals surface area contributed by atoms with Gasteiger partial charge in [-0.25, -0.2) is 4.79 Å². The summed E-state index contributed by atoms with van der Waals surface area (Å²) in [6.45, 7) is 2.03. The van der Waals surface area contributed by atoms with Gasteiger partial charge in [0.2, 0.25) is 0 Å². The molecule has 0 saturated carbocycles. The Labute approximate surface area is 128 Å². The van der Waals surface area contributed by atoms with E-state index in [0.717, 1.165) is 29.0 Å². The molecule has 3 rings (SSSR count). The molecule has 5 nitrogen and oxygen atoms in total. The van der Waals surface area contributed by atoms with Crippen LogP contribution in [0.1, 0.15) is 29.2 Å². The first-order valence-corrected chi connectivity index (χ1v) is 7.19. The number of fused-ring (bicyclic) bond motifs is 1. The van der Waals surface area contributed by atoms with Gasteiger partial charge in [0.25, 0.3) is 0 Å². The van der Waals surface area contributed by atoms with E-state index in [1.165, 1.54) is 5.56 Å². The number of aryl methyl sites for hydroxylation is 2. The highest BCUT2D eigenvalue weighted by Gasteiger charge is 2.29. The van der Waals surface area contributed by atoms with Gasteiger partial charge < -0.3 is 10.5 Å². The molecule has 3 N–H and O–H groups in total. The molecule has 0 heterocycles. The van der Waals surface area contributed by atoms with Crippen molar-refractivity contribution in [3.8, 4) is 11.5 Å². The quantitative estimate of drug-likeness (QED) is 0.672. The number of ether oxygens (including phenoxy) is 1. The standard InChI is InChI=1S/C17H18N2O3/c1-11-2-5-13(6-3-11)22-14-7-8-15-12(10-14)4-9-16(15)19(21)17(18)20/h2-3,5-8,10,16,21H,4,9H2,1H3,(H2,18,20). The lowest BCUT2D eigenvalue weighted by atomic mass is 10.1. The lowest BCUT2D eigenvalue weighted by Crippen LogP contribution is -2.35. The molecule has 1 aliphatic carbocycles. The van der Waals surface area contributed by atoms with Crippen molar-refractivity contribution in [2.75, 3.05) is 0 Å². The number of hydroxylamine groups is 2. The van der Waals surface area contributed by atoms with E-state index in [-0.39, 0.29) is 6.04 Å². The third kappa shape index (κ3) is 2.76. The van der Waals surface area contributed by atoms with Crippen molar-refractivity contribution >= 4 is 6.03 Å². The van der Waals surface area contributed by atoms with Gasteiger partial charge in [0.15, 0.2) is 0 Å². The van der Waals surface area contributed by atoms with E-state index in [4.69, 9.17) is 10.5 Å². The summed E-state index contributed by atoms with van der Waals surface area (Å²) in [4.78, 5) is 11.1. The zero-order valence-corrected chi connectivity index (χ0v) is 12.3. The molecule has 2 aromatic carbocycles. The van der Waals surface area contributed by atoms with E-state index < -0.39 is 6.03 Å². The van der Waals surface area contributed by atoms with Gasteiger partial charge in [-0.15, -0.1) is 0 Å². The van der Waals surface area contributed by atoms with Gasteiger partial charge in [-0.05, 0) is 55.2 Å². The van der Waals surface area contributed by atoms with Gasteiger partial charge in [0.05, 0.1) is 6.04 Å². The number of urea groups is 1. The second kappa shape index (κ2) is 5.69. The first-order chi connectivity index (χ1) is 10.5. The number of primary amides is 1. The zero-order valence-electron chi connectivity index (χ0n) is 12.3. The van der Waals surface area contributed by atoms with Crippen molar-refractivity contribution in [1.29, 1.82) is 0 Å². The van der Waals surface area contributed by atoms with Crippen LogP contribution in [0.4, 0.5) is 4.79 Å². The summed E-state index contributed by atoms with van der Waals surface area (Å²) in [7, 11) is 0. The molecule has 0 radical (unpaired) electrons. The van der Waals surface area contributed by atoms with Gasteiger partial charge in [-0.3, -0.25) is 5.21 Å². The number of nitrogens with two attached hydrogens (primary N) is 1. The van der Waals surface area contributed by atoms with E-state index in [2.05, 4.69) is 0 Å². The second-order valence-electron chi connectivity index (χ2n) is 5.51. The summed E-state index contributed by atoms with van der Waals surface area (Å²) < 4.78 is 5.83. The van der Waals surface area contributed by atoms with E-state index in [9.17, 15) is 10.0 Å². The molecule has 2 amide bonds. The summed E-state index contributed by atoms with van der Waals surface area (Å²) in [5, 5.41) is 10.3. The monoisotopic (exact) mass is 298 g/mol. The maximum Gasteiger partial charge on any atom is 0.339 e. The molecule has 1 aliphatic rings. The van der Waals surface area contributed by atoms with Crippen LogP contribution in [0, 0.1) is 6.92 Å². The van der Waals surface area contributed by atoms with Crippen LogP contribution in [0.15, 0.2) is 42.5 Å². The Balaban J connectivity index is 1.80. The minimum Gasteiger partial charge on any atom is -0.457 e. The molecule has 0 saturated heterocycles. The van der Waals surface area contributed by atoms with Gasteiger partial charge in [0.1, 0.15) is 11.5 Å². The number of hydrogen-bond donors (Lipinski definition) is 2. The van der Waals surface area contributed by atoms with Crippen molar-refractivity contribution < 1.29 is 14.7 Å². The minimum absolute atomic E-state index is 0.374. The predicted octanol–water partition coefficient (Wildman–Crippen LogP) is 3.54. The molecule has 1 atom stereocenters. The first kappa shape index (κ1) is 14.4. The van der Waals surface area contributed by atoms with Gasteiger partial charge in [-0.1, -0.05) is 23.8 Å². The summed E-state index contributed by atoms with van der Waals surface area (Å²) >= 11 is 0. The molecule has 0 fully saturated rings. The Hall–Kier alpha value is -2.53. The molecule has 5 heteroatoms. The molecule has 0 aliphatic heterocycles. The van der Waals surface area contributed by atoms with Gasteiger partial charge >= 0.3 is 6.03 Å². The Morgan fingerprint density at radius 1 is 1.23 bits per heavy atom. The molecule has 22 heavy (non-hydrogen) atoms. The summed E-state index contributed by atoms with van der Waals surface area (Å²) in [6.07, 6.45) is 1.43. The highest BCUT2D eigenvalue weighted by atomic mass is 16.5. The number of nitrogens with zero attached hydrogens (tertiary/aromatic N) is 1. The average Bonchev–Trinajstić information content (AvgIpc) is 2.91. The number of carbonyl (C=O) groups excluding carboxylic acids is 1. The van der Waals surface area contributed by atoms with Crippen molar-refractivity contribution in [3.05, 3.63) is 59.2 Å². The molecular formula is C17H18N2O3. The van der Waals surface area contributed by atoms with E-state index >= 15 is 0 Å². The van der Waals surface area contributed by atoms with Crippen LogP contribution < -0.4 is 10.5 Å². The highest BCUT2D eigenvalue weighted by Crippen LogP contribution is 2.37. The Morgan fingerprint density at radius 3 is 2.59 bits per heavy atom. The number of benzene rings is 2. The summed E-state index contributed by atoms with van der Waals surface area (Å²) in [5.41, 5.74) is 8.29. The molecule has 2 aromatic rings. The van der Waals surface area contributed by atoms with Crippen molar-refractivity contribution in [2.45, 2.75) is 25.8 Å². The number of hydrogen-bond acceptors (Lipinski definition) is 3. The second-order valence-corrected chi connectivity index (χ2v) is 5.51. The van der Waals surface area contributed by atoms with Gasteiger partial charge in [-0.2, -0.15) is 5.06 Å². The van der Waals surface area contributed by atoms with Crippen molar-refractivity contribution in [3.63, 3.8) is 0 Å². The zero-order chi connectivity index (χ0) is 15.7. The maximum atomic E-state index is 11.1. The molecule has 0 aromatic heterocycles. The molecule has 1 unspecified atom stereocenters. The largest absolute Gasteiger partial charge is 0.457 e. The summed E-state index contributed by atoms with van der Waals surface area (Å²) in [5.74, 6) is 1.52. The first-order valence-electron chi connectivity index (χ1n) is 7.19. The van der Waals surface area contributed by atoms with Crippen LogP contribution in [0.25, 0.3) is 0 Å². The SMILES string of the molecule is Cc1ccc(Oc2ccc3c(c2)CCC3N(O)C(N)=O)cc1. The van der Waals surface area contributed by atoms with Crippen molar-refractivity contribution in [2.24, 2.45) is 5.73 Å². The third-order valence-corrected chi connectivity index (χ3v) is 3.94. The Kier molecular flexibility index (Phi) is 3.73. The Morgan fingerprint density at radius 2 is 1.91 bits per heavy atom. The number of carbonyl (C=O) groups is 1. The smallest absolute Gasteiger partial charge is 0.339 e. The molecular weight excluding hydrogens is 280 g/mol. The third-order valence-electron chi connectivity index (χ3n) is 3.94. The van der Waals surface area contributed by atoms with Gasteiger partial charge in [0, 0.05) is 0 Å². The predicted molar refractivity (Wildman–Crippen MR) is 82.0 cm³/mol. The fraction of sp³-hybridized carbons (Fsp3) is 0.235. The van der Waals surface area contributed by atoms with E-state index in [1.807, 2.05) is 49.4 Å². The molecule has 0 bridgehead atoms. The lowest BCUT2D eigenvalue weighted by Gasteiger charge is -2.20. The van der Waals surface area contributed by atoms with Crippen LogP contribution in [0.5, 0.6) is 11.5 Å². The Bertz CT molecular complexity index is 698. The van der Waals surface area contributed by atoms with E-state index in [0.29, 0.717) is 11.5 Å². The van der Waals surface area contributed by atoms with Crippen LogP contribution >= 0.6 is 0 Å². The topological polar surface area (TPSA) is 75.8 Å². The van der Waals surface area contributed by atoms with Crippen LogP contribution in [0.2, 0.25) is 0 Å². The lowest BCUT2D eigenvalue weighted by molar-refractivity contribution is -0.0757. The maximum absolute atomic E-state index is 11.1. The fourth-order valence-corrected chi connectivity index (χ4v) is 2.78. The summed E-state index contributed by atoms with van der Waals surface area (Å²) in [6, 6.07) is 12.3. The van der Waals surface area contributed by atoms with Crippen LogP contribution in [0.3, 0.4) is 0 Å². The van der Waals surface area contributed by atoms with E-state index in [1.54, 1.807) is 0 Å². The number of rotatable bonds is 3.